The molecule has 2 aromatic rings. The van der Waals surface area contributed by atoms with Gasteiger partial charge in [0, 0.05) is 17.3 Å². The zero-order chi connectivity index (χ0) is 9.97. The van der Waals surface area contributed by atoms with E-state index in [9.17, 15) is 4.79 Å². The van der Waals surface area contributed by atoms with Crippen LogP contribution in [0.2, 0.25) is 5.02 Å². The summed E-state index contributed by atoms with van der Waals surface area (Å²) in [7, 11) is 0. The van der Waals surface area contributed by atoms with E-state index in [2.05, 4.69) is 5.10 Å². The van der Waals surface area contributed by atoms with Gasteiger partial charge in [-0.25, -0.2) is 0 Å². The second kappa shape index (κ2) is 3.72. The standard InChI is InChI=1S/C10H9ClN2O/c11-9-3-1-8(2-4-9)7-13-6-5-10(14)12-13/h1-6H,7H2,(H,12,14). The fraction of sp³-hybridized carbons (Fsp3) is 0.100. The Hall–Kier alpha value is -1.48. The molecule has 1 aromatic carbocycles. The Kier molecular flexibility index (Phi) is 2.41. The highest BCUT2D eigenvalue weighted by Crippen LogP contribution is 2.09. The van der Waals surface area contributed by atoms with Crippen molar-refractivity contribution in [2.24, 2.45) is 0 Å². The van der Waals surface area contributed by atoms with Gasteiger partial charge in [0.2, 0.25) is 0 Å². The molecule has 0 fully saturated rings. The zero-order valence-corrected chi connectivity index (χ0v) is 8.16. The van der Waals surface area contributed by atoms with Gasteiger partial charge in [-0.1, -0.05) is 23.7 Å². The van der Waals surface area contributed by atoms with E-state index in [-0.39, 0.29) is 5.56 Å². The summed E-state index contributed by atoms with van der Waals surface area (Å²) >= 11 is 5.75. The number of aromatic amines is 1. The van der Waals surface area contributed by atoms with Crippen molar-refractivity contribution >= 4 is 11.6 Å². The van der Waals surface area contributed by atoms with Crippen LogP contribution in [0.4, 0.5) is 0 Å². The summed E-state index contributed by atoms with van der Waals surface area (Å²) in [6.07, 6.45) is 1.72. The maximum absolute atomic E-state index is 10.8. The minimum absolute atomic E-state index is 0.0843. The molecule has 0 bridgehead atoms. The SMILES string of the molecule is O=c1ccn(Cc2ccc(Cl)cc2)[nH]1. The van der Waals surface area contributed by atoms with Gasteiger partial charge in [-0.3, -0.25) is 14.6 Å². The van der Waals surface area contributed by atoms with Crippen LogP contribution < -0.4 is 5.56 Å². The van der Waals surface area contributed by atoms with Gasteiger partial charge >= 0.3 is 0 Å². The molecule has 3 nitrogen and oxygen atoms in total. The van der Waals surface area contributed by atoms with E-state index in [0.717, 1.165) is 10.6 Å². The van der Waals surface area contributed by atoms with Crippen molar-refractivity contribution in [3.63, 3.8) is 0 Å². The van der Waals surface area contributed by atoms with Crippen molar-refractivity contribution in [1.29, 1.82) is 0 Å². The summed E-state index contributed by atoms with van der Waals surface area (Å²) in [5.74, 6) is 0. The third-order valence-corrected chi connectivity index (χ3v) is 2.18. The first-order chi connectivity index (χ1) is 6.74. The predicted octanol–water partition coefficient (Wildman–Crippen LogP) is 1.88. The lowest BCUT2D eigenvalue weighted by atomic mass is 10.2. The van der Waals surface area contributed by atoms with E-state index < -0.39 is 0 Å². The first kappa shape index (κ1) is 9.09. The maximum Gasteiger partial charge on any atom is 0.264 e. The molecule has 14 heavy (non-hydrogen) atoms. The smallest absolute Gasteiger partial charge is 0.264 e. The number of hydrogen-bond acceptors (Lipinski definition) is 1. The van der Waals surface area contributed by atoms with E-state index in [1.165, 1.54) is 6.07 Å². The summed E-state index contributed by atoms with van der Waals surface area (Å²) in [5, 5.41) is 3.38. The number of hydrogen-bond donors (Lipinski definition) is 1. The molecular formula is C10H9ClN2O. The Morgan fingerprint density at radius 2 is 1.93 bits per heavy atom. The molecule has 0 atom stereocenters. The quantitative estimate of drug-likeness (QED) is 0.804. The van der Waals surface area contributed by atoms with Gasteiger partial charge in [0.1, 0.15) is 0 Å². The molecule has 0 spiro atoms. The Balaban J connectivity index is 2.19. The Morgan fingerprint density at radius 1 is 1.21 bits per heavy atom. The predicted molar refractivity (Wildman–Crippen MR) is 55.6 cm³/mol. The van der Waals surface area contributed by atoms with E-state index >= 15 is 0 Å². The van der Waals surface area contributed by atoms with Crippen LogP contribution in [-0.4, -0.2) is 9.78 Å². The van der Waals surface area contributed by atoms with Crippen molar-refractivity contribution < 1.29 is 0 Å². The topological polar surface area (TPSA) is 37.8 Å². The number of benzene rings is 1. The molecule has 1 N–H and O–H groups in total. The second-order valence-corrected chi connectivity index (χ2v) is 3.48. The van der Waals surface area contributed by atoms with Crippen LogP contribution in [-0.2, 0) is 6.54 Å². The molecular weight excluding hydrogens is 200 g/mol. The van der Waals surface area contributed by atoms with E-state index in [4.69, 9.17) is 11.6 Å². The van der Waals surface area contributed by atoms with Gasteiger partial charge in [-0.15, -0.1) is 0 Å². The number of rotatable bonds is 2. The van der Waals surface area contributed by atoms with Gasteiger partial charge < -0.3 is 0 Å². The monoisotopic (exact) mass is 208 g/mol. The van der Waals surface area contributed by atoms with Crippen LogP contribution in [0.25, 0.3) is 0 Å². The minimum Gasteiger partial charge on any atom is -0.288 e. The van der Waals surface area contributed by atoms with Crippen LogP contribution in [0.5, 0.6) is 0 Å². The van der Waals surface area contributed by atoms with Crippen LogP contribution in [0.1, 0.15) is 5.56 Å². The minimum atomic E-state index is -0.0843. The van der Waals surface area contributed by atoms with Crippen molar-refractivity contribution in [2.45, 2.75) is 6.54 Å². The molecule has 2 rings (SSSR count). The van der Waals surface area contributed by atoms with Crippen molar-refractivity contribution in [1.82, 2.24) is 9.78 Å². The highest BCUT2D eigenvalue weighted by Gasteiger charge is 1.95. The number of H-pyrrole nitrogens is 1. The first-order valence-corrected chi connectivity index (χ1v) is 4.62. The highest BCUT2D eigenvalue weighted by molar-refractivity contribution is 6.30. The Bertz CT molecular complexity index is 469. The number of nitrogens with zero attached hydrogens (tertiary/aromatic N) is 1. The molecule has 0 amide bonds. The van der Waals surface area contributed by atoms with E-state index in [1.54, 1.807) is 10.9 Å². The lowest BCUT2D eigenvalue weighted by Gasteiger charge is -2.02. The summed E-state index contributed by atoms with van der Waals surface area (Å²) in [4.78, 5) is 10.8. The fourth-order valence-electron chi connectivity index (χ4n) is 1.25. The van der Waals surface area contributed by atoms with Crippen LogP contribution in [0.3, 0.4) is 0 Å². The molecule has 4 heteroatoms. The molecule has 0 radical (unpaired) electrons. The van der Waals surface area contributed by atoms with E-state index in [0.29, 0.717) is 6.54 Å². The Morgan fingerprint density at radius 3 is 2.50 bits per heavy atom. The van der Waals surface area contributed by atoms with Crippen LogP contribution >= 0.6 is 11.6 Å². The fourth-order valence-corrected chi connectivity index (χ4v) is 1.38. The number of aromatic nitrogens is 2. The van der Waals surface area contributed by atoms with Gasteiger partial charge in [0.15, 0.2) is 0 Å². The molecule has 0 unspecified atom stereocenters. The molecule has 72 valence electrons. The molecule has 0 aliphatic rings. The molecule has 1 aromatic heterocycles. The Labute approximate surface area is 85.9 Å². The molecule has 0 saturated heterocycles. The van der Waals surface area contributed by atoms with Crippen molar-refractivity contribution in [2.75, 3.05) is 0 Å². The van der Waals surface area contributed by atoms with Gasteiger partial charge in [0.25, 0.3) is 5.56 Å². The second-order valence-electron chi connectivity index (χ2n) is 3.05. The van der Waals surface area contributed by atoms with Crippen molar-refractivity contribution in [3.05, 3.63) is 57.5 Å². The molecule has 0 saturated carbocycles. The van der Waals surface area contributed by atoms with Crippen LogP contribution in [0, 0.1) is 0 Å². The largest absolute Gasteiger partial charge is 0.288 e. The van der Waals surface area contributed by atoms with Gasteiger partial charge in [-0.2, -0.15) is 0 Å². The normalized spacial score (nSPS) is 10.4. The zero-order valence-electron chi connectivity index (χ0n) is 7.40. The number of nitrogens with one attached hydrogen (secondary N) is 1. The third kappa shape index (κ3) is 2.06. The summed E-state index contributed by atoms with van der Waals surface area (Å²) in [6.45, 7) is 0.652. The van der Waals surface area contributed by atoms with Crippen molar-refractivity contribution in [3.8, 4) is 0 Å². The first-order valence-electron chi connectivity index (χ1n) is 4.24. The summed E-state index contributed by atoms with van der Waals surface area (Å²) in [5.41, 5.74) is 1.01. The molecule has 0 aliphatic heterocycles. The average Bonchev–Trinajstić information content (AvgIpc) is 2.56. The van der Waals surface area contributed by atoms with Crippen LogP contribution in [0.15, 0.2) is 41.3 Å². The summed E-state index contributed by atoms with van der Waals surface area (Å²) in [6, 6.07) is 9.02. The highest BCUT2D eigenvalue weighted by atomic mass is 35.5. The lowest BCUT2D eigenvalue weighted by molar-refractivity contribution is 0.679. The number of halogens is 1. The maximum atomic E-state index is 10.8. The van der Waals surface area contributed by atoms with E-state index in [1.807, 2.05) is 24.3 Å². The van der Waals surface area contributed by atoms with Gasteiger partial charge in [0.05, 0.1) is 6.54 Å². The average molecular weight is 209 g/mol. The summed E-state index contributed by atoms with van der Waals surface area (Å²) < 4.78 is 1.73. The lowest BCUT2D eigenvalue weighted by Crippen LogP contribution is -2.05. The molecule has 1 heterocycles. The van der Waals surface area contributed by atoms with Gasteiger partial charge in [-0.05, 0) is 17.7 Å². The molecule has 0 aliphatic carbocycles. The third-order valence-electron chi connectivity index (χ3n) is 1.93.